The van der Waals surface area contributed by atoms with Crippen LogP contribution in [0.4, 0.5) is 4.39 Å². The van der Waals surface area contributed by atoms with E-state index in [1.807, 2.05) is 21.0 Å². The summed E-state index contributed by atoms with van der Waals surface area (Å²) in [5.74, 6) is -0.265. The summed E-state index contributed by atoms with van der Waals surface area (Å²) in [7, 11) is 3.70. The maximum atomic E-state index is 13.3. The van der Waals surface area contributed by atoms with Gasteiger partial charge in [-0.3, -0.25) is 4.68 Å². The topological polar surface area (TPSA) is 29.9 Å². The van der Waals surface area contributed by atoms with E-state index in [0.29, 0.717) is 16.0 Å². The molecule has 6 heteroatoms. The highest BCUT2D eigenvalue weighted by Gasteiger charge is 2.18. The molecule has 0 fully saturated rings. The van der Waals surface area contributed by atoms with Gasteiger partial charge in [-0.1, -0.05) is 17.7 Å². The van der Waals surface area contributed by atoms with E-state index in [4.69, 9.17) is 11.6 Å². The van der Waals surface area contributed by atoms with Crippen LogP contribution in [0.25, 0.3) is 0 Å². The molecule has 3 nitrogen and oxygen atoms in total. The molecule has 0 radical (unpaired) electrons. The minimum Gasteiger partial charge on any atom is -0.313 e. The first-order valence-corrected chi connectivity index (χ1v) is 7.41. The smallest absolute Gasteiger partial charge is 0.137 e. The van der Waals surface area contributed by atoms with Crippen molar-refractivity contribution >= 4 is 27.5 Å². The molecule has 1 aromatic carbocycles. The van der Waals surface area contributed by atoms with Crippen LogP contribution < -0.4 is 5.32 Å². The quantitative estimate of drug-likeness (QED) is 0.899. The second kappa shape index (κ2) is 6.24. The van der Waals surface area contributed by atoms with Crippen molar-refractivity contribution in [3.8, 4) is 0 Å². The Hall–Kier alpha value is -0.910. The van der Waals surface area contributed by atoms with E-state index in [2.05, 4.69) is 26.3 Å². The van der Waals surface area contributed by atoms with Crippen LogP contribution >= 0.6 is 27.5 Å². The third kappa shape index (κ3) is 3.05. The van der Waals surface area contributed by atoms with Crippen molar-refractivity contribution in [2.24, 2.45) is 7.05 Å². The van der Waals surface area contributed by atoms with E-state index >= 15 is 0 Å². The Labute approximate surface area is 131 Å². The molecule has 0 aliphatic carbocycles. The SMILES string of the molecule is CNC(Cc1c(C)nn(C)c1Cl)c1ccc(F)c(Br)c1. The number of aromatic nitrogens is 2. The van der Waals surface area contributed by atoms with Crippen molar-refractivity contribution in [2.45, 2.75) is 19.4 Å². The van der Waals surface area contributed by atoms with Gasteiger partial charge in [-0.15, -0.1) is 0 Å². The van der Waals surface area contributed by atoms with Crippen molar-refractivity contribution in [1.29, 1.82) is 0 Å². The predicted molar refractivity (Wildman–Crippen MR) is 82.6 cm³/mol. The zero-order valence-electron chi connectivity index (χ0n) is 11.5. The molecule has 2 rings (SSSR count). The normalized spacial score (nSPS) is 12.7. The predicted octanol–water partition coefficient (Wildman–Crippen LogP) is 3.79. The van der Waals surface area contributed by atoms with Gasteiger partial charge in [0, 0.05) is 18.7 Å². The molecule has 0 aliphatic heterocycles. The molecule has 0 aliphatic rings. The fourth-order valence-electron chi connectivity index (χ4n) is 2.23. The molecular weight excluding hydrogens is 345 g/mol. The number of hydrogen-bond donors (Lipinski definition) is 1. The van der Waals surface area contributed by atoms with Gasteiger partial charge < -0.3 is 5.32 Å². The fourth-order valence-corrected chi connectivity index (χ4v) is 2.87. The zero-order valence-corrected chi connectivity index (χ0v) is 13.9. The third-order valence-corrected chi connectivity index (χ3v) is 4.45. The first-order valence-electron chi connectivity index (χ1n) is 6.24. The van der Waals surface area contributed by atoms with Gasteiger partial charge in [0.05, 0.1) is 10.2 Å². The van der Waals surface area contributed by atoms with Gasteiger partial charge >= 0.3 is 0 Å². The van der Waals surface area contributed by atoms with Gasteiger partial charge in [0.25, 0.3) is 0 Å². The lowest BCUT2D eigenvalue weighted by molar-refractivity contribution is 0.582. The molecule has 1 N–H and O–H groups in total. The second-order valence-corrected chi connectivity index (χ2v) is 5.91. The van der Waals surface area contributed by atoms with Gasteiger partial charge in [0.15, 0.2) is 0 Å². The van der Waals surface area contributed by atoms with Crippen LogP contribution in [0.3, 0.4) is 0 Å². The minimum absolute atomic E-state index is 0.0484. The van der Waals surface area contributed by atoms with Crippen LogP contribution in [0.5, 0.6) is 0 Å². The summed E-state index contributed by atoms with van der Waals surface area (Å²) in [6.07, 6.45) is 0.701. The van der Waals surface area contributed by atoms with Crippen LogP contribution in [0, 0.1) is 12.7 Å². The molecule has 0 spiro atoms. The largest absolute Gasteiger partial charge is 0.313 e. The molecule has 2 aromatic rings. The number of halogens is 3. The molecule has 1 unspecified atom stereocenters. The summed E-state index contributed by atoms with van der Waals surface area (Å²) in [6.45, 7) is 1.94. The summed E-state index contributed by atoms with van der Waals surface area (Å²) in [5.41, 5.74) is 2.92. The van der Waals surface area contributed by atoms with E-state index in [1.165, 1.54) is 6.07 Å². The maximum Gasteiger partial charge on any atom is 0.137 e. The van der Waals surface area contributed by atoms with Crippen molar-refractivity contribution in [1.82, 2.24) is 15.1 Å². The summed E-state index contributed by atoms with van der Waals surface area (Å²) < 4.78 is 15.5. The Morgan fingerprint density at radius 1 is 1.50 bits per heavy atom. The fraction of sp³-hybridized carbons (Fsp3) is 0.357. The summed E-state index contributed by atoms with van der Waals surface area (Å²) in [4.78, 5) is 0. The lowest BCUT2D eigenvalue weighted by atomic mass is 9.99. The van der Waals surface area contributed by atoms with Crippen molar-refractivity contribution < 1.29 is 4.39 Å². The lowest BCUT2D eigenvalue weighted by Gasteiger charge is -2.17. The molecule has 108 valence electrons. The Kier molecular flexibility index (Phi) is 4.83. The van der Waals surface area contributed by atoms with Gasteiger partial charge in [-0.25, -0.2) is 4.39 Å². The number of rotatable bonds is 4. The highest BCUT2D eigenvalue weighted by atomic mass is 79.9. The number of benzene rings is 1. The Morgan fingerprint density at radius 3 is 2.70 bits per heavy atom. The van der Waals surface area contributed by atoms with Crippen LogP contribution in [0.1, 0.15) is 22.9 Å². The average Bonchev–Trinajstić information content (AvgIpc) is 2.65. The second-order valence-electron chi connectivity index (χ2n) is 4.70. The van der Waals surface area contributed by atoms with Crippen LogP contribution in [0.2, 0.25) is 5.15 Å². The molecule has 1 heterocycles. The summed E-state index contributed by atoms with van der Waals surface area (Å²) in [5, 5.41) is 8.19. The molecule has 0 saturated heterocycles. The van der Waals surface area contributed by atoms with Crippen molar-refractivity contribution in [3.63, 3.8) is 0 Å². The van der Waals surface area contributed by atoms with Crippen LogP contribution in [-0.2, 0) is 13.5 Å². The summed E-state index contributed by atoms with van der Waals surface area (Å²) >= 11 is 9.48. The first kappa shape index (κ1) is 15.5. The molecule has 0 saturated carbocycles. The lowest BCUT2D eigenvalue weighted by Crippen LogP contribution is -2.19. The summed E-state index contributed by atoms with van der Waals surface area (Å²) in [6, 6.07) is 5.07. The minimum atomic E-state index is -0.265. The monoisotopic (exact) mass is 359 g/mol. The number of likely N-dealkylation sites (N-methyl/N-ethyl adjacent to an activating group) is 1. The molecule has 1 atom stereocenters. The highest BCUT2D eigenvalue weighted by molar-refractivity contribution is 9.10. The first-order chi connectivity index (χ1) is 9.43. The maximum absolute atomic E-state index is 13.3. The van der Waals surface area contributed by atoms with Gasteiger partial charge in [-0.05, 0) is 54.0 Å². The van der Waals surface area contributed by atoms with Crippen molar-refractivity contribution in [2.75, 3.05) is 7.05 Å². The number of aryl methyl sites for hydroxylation is 2. The highest BCUT2D eigenvalue weighted by Crippen LogP contribution is 2.27. The number of hydrogen-bond acceptors (Lipinski definition) is 2. The average molecular weight is 361 g/mol. The molecule has 20 heavy (non-hydrogen) atoms. The van der Waals surface area contributed by atoms with E-state index in [-0.39, 0.29) is 11.9 Å². The Balaban J connectivity index is 2.31. The van der Waals surface area contributed by atoms with Gasteiger partial charge in [-0.2, -0.15) is 5.10 Å². The van der Waals surface area contributed by atoms with Crippen LogP contribution in [-0.4, -0.2) is 16.8 Å². The van der Waals surface area contributed by atoms with E-state index in [1.54, 1.807) is 16.8 Å². The van der Waals surface area contributed by atoms with Gasteiger partial charge in [0.2, 0.25) is 0 Å². The van der Waals surface area contributed by atoms with E-state index < -0.39 is 0 Å². The number of nitrogens with zero attached hydrogens (tertiary/aromatic N) is 2. The molecule has 0 amide bonds. The Bertz CT molecular complexity index is 627. The van der Waals surface area contributed by atoms with Crippen LogP contribution in [0.15, 0.2) is 22.7 Å². The van der Waals surface area contributed by atoms with E-state index in [0.717, 1.165) is 16.8 Å². The number of nitrogens with one attached hydrogen (secondary N) is 1. The standard InChI is InChI=1S/C14H16BrClFN3/c1-8-10(14(16)20(3)19-8)7-13(18-2)9-4-5-12(17)11(15)6-9/h4-6,13,18H,7H2,1-3H3. The molecule has 0 bridgehead atoms. The third-order valence-electron chi connectivity index (χ3n) is 3.37. The van der Waals surface area contributed by atoms with Gasteiger partial charge in [0.1, 0.15) is 11.0 Å². The molecule has 1 aromatic heterocycles. The zero-order chi connectivity index (χ0) is 14.9. The Morgan fingerprint density at radius 2 is 2.20 bits per heavy atom. The van der Waals surface area contributed by atoms with E-state index in [9.17, 15) is 4.39 Å². The molecular formula is C14H16BrClFN3. The van der Waals surface area contributed by atoms with Crippen molar-refractivity contribution in [3.05, 3.63) is 50.5 Å².